The molecule has 2 atom stereocenters. The van der Waals surface area contributed by atoms with Crippen molar-refractivity contribution >= 4 is 11.9 Å². The van der Waals surface area contributed by atoms with Gasteiger partial charge in [0.15, 0.2) is 0 Å². The summed E-state index contributed by atoms with van der Waals surface area (Å²) in [5.74, 6) is 0.0421. The molecule has 1 aromatic rings. The van der Waals surface area contributed by atoms with E-state index in [2.05, 4.69) is 15.2 Å². The molecule has 0 spiro atoms. The second-order valence-electron chi connectivity index (χ2n) is 6.71. The summed E-state index contributed by atoms with van der Waals surface area (Å²) >= 11 is 0. The Balaban J connectivity index is 1.62. The maximum Gasteiger partial charge on any atom is 0.324 e. The Bertz CT molecular complexity index is 592. The van der Waals surface area contributed by atoms with Gasteiger partial charge >= 0.3 is 6.03 Å². The molecule has 0 unspecified atom stereocenters. The molecule has 124 valence electrons. The molecule has 6 nitrogen and oxygen atoms in total. The van der Waals surface area contributed by atoms with Crippen molar-refractivity contribution in [3.05, 3.63) is 30.1 Å². The predicted octanol–water partition coefficient (Wildman–Crippen LogP) is 1.28. The summed E-state index contributed by atoms with van der Waals surface area (Å²) < 4.78 is 0. The lowest BCUT2D eigenvalue weighted by atomic mass is 9.80. The van der Waals surface area contributed by atoms with E-state index in [9.17, 15) is 9.59 Å². The molecule has 1 N–H and O–H groups in total. The van der Waals surface area contributed by atoms with Crippen LogP contribution in [-0.4, -0.2) is 58.9 Å². The number of hydrogen-bond acceptors (Lipinski definition) is 4. The van der Waals surface area contributed by atoms with E-state index >= 15 is 0 Å². The number of likely N-dealkylation sites (tertiary alicyclic amines) is 1. The summed E-state index contributed by atoms with van der Waals surface area (Å²) in [6.45, 7) is 4.67. The highest BCUT2D eigenvalue weighted by Gasteiger charge is 2.51. The zero-order chi connectivity index (χ0) is 16.4. The molecule has 3 amide bonds. The lowest BCUT2D eigenvalue weighted by Gasteiger charge is -2.39. The second kappa shape index (κ2) is 6.28. The third kappa shape index (κ3) is 3.08. The Kier molecular flexibility index (Phi) is 4.35. The van der Waals surface area contributed by atoms with Crippen LogP contribution in [0.15, 0.2) is 24.4 Å². The highest BCUT2D eigenvalue weighted by atomic mass is 16.2. The van der Waals surface area contributed by atoms with Crippen molar-refractivity contribution in [2.24, 2.45) is 5.92 Å². The third-order valence-corrected chi connectivity index (χ3v) is 5.15. The zero-order valence-corrected chi connectivity index (χ0v) is 13.8. The van der Waals surface area contributed by atoms with Crippen LogP contribution >= 0.6 is 0 Å². The summed E-state index contributed by atoms with van der Waals surface area (Å²) in [5, 5.41) is 2.89. The van der Waals surface area contributed by atoms with Crippen molar-refractivity contribution in [2.45, 2.75) is 31.7 Å². The van der Waals surface area contributed by atoms with Crippen molar-refractivity contribution in [3.63, 3.8) is 0 Å². The molecular weight excluding hydrogens is 292 g/mol. The number of likely N-dealkylation sites (N-methyl/N-ethyl adjacent to an activating group) is 1. The van der Waals surface area contributed by atoms with Crippen molar-refractivity contribution in [1.29, 1.82) is 0 Å². The van der Waals surface area contributed by atoms with E-state index in [1.807, 2.05) is 31.3 Å². The molecule has 2 aliphatic rings. The summed E-state index contributed by atoms with van der Waals surface area (Å²) in [6, 6.07) is 5.68. The van der Waals surface area contributed by atoms with Gasteiger partial charge < -0.3 is 10.2 Å². The predicted molar refractivity (Wildman–Crippen MR) is 86.8 cm³/mol. The molecule has 0 aliphatic carbocycles. The van der Waals surface area contributed by atoms with Crippen LogP contribution in [0.2, 0.25) is 0 Å². The van der Waals surface area contributed by atoms with Gasteiger partial charge in [-0.05, 0) is 38.4 Å². The Hall–Kier alpha value is -1.95. The molecule has 0 aromatic carbocycles. The van der Waals surface area contributed by atoms with Crippen LogP contribution in [0.5, 0.6) is 0 Å². The van der Waals surface area contributed by atoms with Gasteiger partial charge in [0.2, 0.25) is 0 Å². The van der Waals surface area contributed by atoms with Crippen LogP contribution in [0.1, 0.15) is 25.5 Å². The Labute approximate surface area is 136 Å². The van der Waals surface area contributed by atoms with E-state index in [0.717, 1.165) is 44.6 Å². The average molecular weight is 316 g/mol. The molecule has 2 saturated heterocycles. The summed E-state index contributed by atoms with van der Waals surface area (Å²) in [5.41, 5.74) is 0.320. The number of carbonyl (C=O) groups is 2. The van der Waals surface area contributed by atoms with Crippen molar-refractivity contribution in [1.82, 2.24) is 20.1 Å². The third-order valence-electron chi connectivity index (χ3n) is 5.15. The molecule has 1 aromatic heterocycles. The maximum absolute atomic E-state index is 12.4. The Morgan fingerprint density at radius 2 is 2.22 bits per heavy atom. The van der Waals surface area contributed by atoms with E-state index in [4.69, 9.17) is 0 Å². The van der Waals surface area contributed by atoms with Crippen molar-refractivity contribution < 1.29 is 9.59 Å². The lowest BCUT2D eigenvalue weighted by Crippen LogP contribution is -2.55. The van der Waals surface area contributed by atoms with Crippen LogP contribution in [0.4, 0.5) is 4.79 Å². The zero-order valence-electron chi connectivity index (χ0n) is 13.8. The number of pyridine rings is 1. The topological polar surface area (TPSA) is 65.5 Å². The Morgan fingerprint density at radius 3 is 2.87 bits per heavy atom. The fraction of sp³-hybridized carbons (Fsp3) is 0.588. The monoisotopic (exact) mass is 316 g/mol. The smallest absolute Gasteiger partial charge is 0.323 e. The molecule has 3 rings (SSSR count). The number of nitrogens with one attached hydrogen (secondary N) is 1. The molecule has 23 heavy (non-hydrogen) atoms. The van der Waals surface area contributed by atoms with E-state index in [1.54, 1.807) is 7.05 Å². The van der Waals surface area contributed by atoms with Crippen LogP contribution in [0, 0.1) is 5.92 Å². The van der Waals surface area contributed by atoms with Gasteiger partial charge in [0.05, 0.1) is 0 Å². The van der Waals surface area contributed by atoms with Gasteiger partial charge in [-0.3, -0.25) is 14.7 Å². The van der Waals surface area contributed by atoms with Gasteiger partial charge in [-0.15, -0.1) is 0 Å². The van der Waals surface area contributed by atoms with E-state index < -0.39 is 5.54 Å². The summed E-state index contributed by atoms with van der Waals surface area (Å²) in [6.07, 6.45) is 4.74. The van der Waals surface area contributed by atoms with Gasteiger partial charge in [0, 0.05) is 44.4 Å². The van der Waals surface area contributed by atoms with E-state index in [1.165, 1.54) is 4.90 Å². The highest BCUT2D eigenvalue weighted by Crippen LogP contribution is 2.31. The highest BCUT2D eigenvalue weighted by molar-refractivity contribution is 6.06. The molecule has 6 heteroatoms. The van der Waals surface area contributed by atoms with Crippen LogP contribution in [0.3, 0.4) is 0 Å². The first-order valence-electron chi connectivity index (χ1n) is 8.23. The number of amides is 3. The number of aromatic nitrogens is 1. The molecule has 0 saturated carbocycles. The quantitative estimate of drug-likeness (QED) is 0.850. The van der Waals surface area contributed by atoms with E-state index in [0.29, 0.717) is 0 Å². The van der Waals surface area contributed by atoms with Crippen LogP contribution < -0.4 is 5.32 Å². The number of urea groups is 1. The normalized spacial score (nSPS) is 29.0. The lowest BCUT2D eigenvalue weighted by molar-refractivity contribution is -0.132. The standard InChI is InChI=1S/C17H24N4O2/c1-17(15(22)20(2)16(23)19-17)13-6-5-10-21(12-13)11-8-14-7-3-4-9-18-14/h3-4,7,9,13H,5-6,8,10-12H2,1-2H3,(H,19,23)/t13-,17-/m1/s1. The minimum atomic E-state index is -0.768. The first kappa shape index (κ1) is 15.9. The molecular formula is C17H24N4O2. The summed E-state index contributed by atoms with van der Waals surface area (Å²) in [4.78, 5) is 32.2. The molecule has 3 heterocycles. The number of hydrogen-bond donors (Lipinski definition) is 1. The maximum atomic E-state index is 12.4. The summed E-state index contributed by atoms with van der Waals surface area (Å²) in [7, 11) is 1.55. The molecule has 2 aliphatic heterocycles. The number of imide groups is 1. The van der Waals surface area contributed by atoms with Crippen LogP contribution in [0.25, 0.3) is 0 Å². The minimum Gasteiger partial charge on any atom is -0.323 e. The van der Waals surface area contributed by atoms with Crippen molar-refractivity contribution in [2.75, 3.05) is 26.7 Å². The average Bonchev–Trinajstić information content (AvgIpc) is 2.78. The fourth-order valence-electron chi connectivity index (χ4n) is 3.63. The number of rotatable bonds is 4. The largest absolute Gasteiger partial charge is 0.324 e. The number of carbonyl (C=O) groups excluding carboxylic acids is 2. The fourth-order valence-corrected chi connectivity index (χ4v) is 3.63. The number of piperidine rings is 1. The van der Waals surface area contributed by atoms with Crippen molar-refractivity contribution in [3.8, 4) is 0 Å². The van der Waals surface area contributed by atoms with Gasteiger partial charge in [0.25, 0.3) is 5.91 Å². The Morgan fingerprint density at radius 1 is 1.39 bits per heavy atom. The second-order valence-corrected chi connectivity index (χ2v) is 6.71. The van der Waals surface area contributed by atoms with E-state index in [-0.39, 0.29) is 17.9 Å². The van der Waals surface area contributed by atoms with Gasteiger partial charge in [0.1, 0.15) is 5.54 Å². The SMILES string of the molecule is CN1C(=O)N[C@](C)([C@@H]2CCCN(CCc3ccccn3)C2)C1=O. The van der Waals surface area contributed by atoms with Gasteiger partial charge in [-0.2, -0.15) is 0 Å². The van der Waals surface area contributed by atoms with Crippen LogP contribution in [-0.2, 0) is 11.2 Å². The van der Waals surface area contributed by atoms with Gasteiger partial charge in [-0.25, -0.2) is 4.79 Å². The molecule has 0 bridgehead atoms. The van der Waals surface area contributed by atoms with Gasteiger partial charge in [-0.1, -0.05) is 6.07 Å². The molecule has 0 radical (unpaired) electrons. The molecule has 2 fully saturated rings. The minimum absolute atomic E-state index is 0.112. The first-order chi connectivity index (χ1) is 11.0. The number of nitrogens with zero attached hydrogens (tertiary/aromatic N) is 3. The first-order valence-corrected chi connectivity index (χ1v) is 8.23.